The molecule has 2 amide bonds. The highest BCUT2D eigenvalue weighted by Gasteiger charge is 2.52. The molecule has 8 nitrogen and oxygen atoms in total. The molecule has 1 aromatic heterocycles. The van der Waals surface area contributed by atoms with Crippen molar-refractivity contribution >= 4 is 17.8 Å². The molecule has 0 aromatic carbocycles. The normalized spacial score (nSPS) is 22.5. The van der Waals surface area contributed by atoms with Gasteiger partial charge >= 0.3 is 5.97 Å². The minimum Gasteiger partial charge on any atom is -0.488 e. The topological polar surface area (TPSA) is 99.5 Å². The minimum absolute atomic E-state index is 0.214. The van der Waals surface area contributed by atoms with Crippen LogP contribution in [0.1, 0.15) is 52.1 Å². The maximum Gasteiger partial charge on any atom is 0.306 e. The quantitative estimate of drug-likeness (QED) is 0.645. The summed E-state index contributed by atoms with van der Waals surface area (Å²) in [5.74, 6) is -0.290. The van der Waals surface area contributed by atoms with Gasteiger partial charge in [0, 0.05) is 19.4 Å². The van der Waals surface area contributed by atoms with Crippen molar-refractivity contribution < 1.29 is 23.9 Å². The number of piperidine rings is 1. The molecule has 3 heterocycles. The molecule has 3 rings (SSSR count). The van der Waals surface area contributed by atoms with Crippen LogP contribution in [0.3, 0.4) is 0 Å². The van der Waals surface area contributed by atoms with E-state index in [0.29, 0.717) is 30.8 Å². The second-order valence-electron chi connectivity index (χ2n) is 7.52. The molecule has 0 bridgehead atoms. The highest BCUT2D eigenvalue weighted by Crippen LogP contribution is 2.43. The second kappa shape index (κ2) is 6.16. The van der Waals surface area contributed by atoms with Crippen molar-refractivity contribution in [2.75, 3.05) is 6.61 Å². The van der Waals surface area contributed by atoms with Crippen molar-refractivity contribution in [1.82, 2.24) is 15.1 Å². The Kier molecular flexibility index (Phi) is 4.30. The second-order valence-corrected chi connectivity index (χ2v) is 7.52. The summed E-state index contributed by atoms with van der Waals surface area (Å²) in [6.07, 6.45) is 3.07. The lowest BCUT2D eigenvalue weighted by atomic mass is 9.78. The van der Waals surface area contributed by atoms with Gasteiger partial charge in [0.15, 0.2) is 5.75 Å². The average molecular weight is 349 g/mol. The zero-order valence-electron chi connectivity index (χ0n) is 14.8. The standard InChI is InChI=1S/C17H23N3O5/c1-16(2,3)25-13(22)5-4-8-20-14-11(9-18-20)24-10-17(14)7-6-12(21)19-15(17)23/h9H,4-8,10H2,1-3H3,(H,19,21,23). The number of carbonyl (C=O) groups is 3. The van der Waals surface area contributed by atoms with Gasteiger partial charge in [-0.3, -0.25) is 24.4 Å². The summed E-state index contributed by atoms with van der Waals surface area (Å²) < 4.78 is 12.6. The maximum absolute atomic E-state index is 12.5. The van der Waals surface area contributed by atoms with Gasteiger partial charge in [0.2, 0.25) is 11.8 Å². The zero-order chi connectivity index (χ0) is 18.2. The van der Waals surface area contributed by atoms with Gasteiger partial charge in [-0.1, -0.05) is 0 Å². The van der Waals surface area contributed by atoms with Gasteiger partial charge in [0.25, 0.3) is 0 Å². The lowest BCUT2D eigenvalue weighted by Gasteiger charge is -2.30. The Bertz CT molecular complexity index is 718. The molecule has 1 unspecified atom stereocenters. The third-order valence-corrected chi connectivity index (χ3v) is 4.37. The van der Waals surface area contributed by atoms with Gasteiger partial charge in [-0.05, 0) is 33.6 Å². The predicted octanol–water partition coefficient (Wildman–Crippen LogP) is 1.07. The van der Waals surface area contributed by atoms with Gasteiger partial charge in [-0.15, -0.1) is 0 Å². The van der Waals surface area contributed by atoms with Crippen LogP contribution in [-0.4, -0.2) is 39.8 Å². The molecular formula is C17H23N3O5. The molecule has 1 spiro atoms. The van der Waals surface area contributed by atoms with E-state index < -0.39 is 11.0 Å². The Morgan fingerprint density at radius 3 is 2.88 bits per heavy atom. The lowest BCUT2D eigenvalue weighted by Crippen LogP contribution is -2.53. The Morgan fingerprint density at radius 2 is 2.20 bits per heavy atom. The number of nitrogens with zero attached hydrogens (tertiary/aromatic N) is 2. The van der Waals surface area contributed by atoms with Crippen LogP contribution >= 0.6 is 0 Å². The Morgan fingerprint density at radius 1 is 1.44 bits per heavy atom. The fourth-order valence-corrected chi connectivity index (χ4v) is 3.27. The number of amides is 2. The van der Waals surface area contributed by atoms with E-state index in [1.54, 1.807) is 10.9 Å². The average Bonchev–Trinajstić information content (AvgIpc) is 3.04. The van der Waals surface area contributed by atoms with Crippen molar-refractivity contribution in [2.24, 2.45) is 0 Å². The van der Waals surface area contributed by atoms with Gasteiger partial charge in [0.05, 0.1) is 11.9 Å². The van der Waals surface area contributed by atoms with Crippen LogP contribution < -0.4 is 10.1 Å². The Balaban J connectivity index is 1.69. The number of aryl methyl sites for hydroxylation is 1. The van der Waals surface area contributed by atoms with E-state index in [9.17, 15) is 14.4 Å². The van der Waals surface area contributed by atoms with Crippen LogP contribution in [-0.2, 0) is 31.1 Å². The molecule has 1 N–H and O–H groups in total. The number of rotatable bonds is 4. The Hall–Kier alpha value is -2.38. The zero-order valence-corrected chi connectivity index (χ0v) is 14.8. The number of fused-ring (bicyclic) bond motifs is 2. The van der Waals surface area contributed by atoms with E-state index in [1.165, 1.54) is 0 Å². The predicted molar refractivity (Wildman–Crippen MR) is 86.9 cm³/mol. The molecule has 0 aliphatic carbocycles. The van der Waals surface area contributed by atoms with Gasteiger partial charge in [0.1, 0.15) is 17.6 Å². The SMILES string of the molecule is CC(C)(C)OC(=O)CCCn1ncc2c1C1(CCC(=O)NC1=O)CO2. The number of hydrogen-bond donors (Lipinski definition) is 1. The fourth-order valence-electron chi connectivity index (χ4n) is 3.27. The van der Waals surface area contributed by atoms with Crippen molar-refractivity contribution in [3.63, 3.8) is 0 Å². The summed E-state index contributed by atoms with van der Waals surface area (Å²) in [7, 11) is 0. The number of hydrogen-bond acceptors (Lipinski definition) is 6. The maximum atomic E-state index is 12.5. The molecule has 1 aromatic rings. The summed E-state index contributed by atoms with van der Waals surface area (Å²) in [6.45, 7) is 6.17. The monoisotopic (exact) mass is 349 g/mol. The molecule has 1 saturated heterocycles. The summed E-state index contributed by atoms with van der Waals surface area (Å²) in [5.41, 5.74) is -0.679. The van der Waals surface area contributed by atoms with Crippen LogP contribution in [0.2, 0.25) is 0 Å². The molecule has 136 valence electrons. The third-order valence-electron chi connectivity index (χ3n) is 4.37. The van der Waals surface area contributed by atoms with Crippen molar-refractivity contribution in [3.05, 3.63) is 11.9 Å². The summed E-state index contributed by atoms with van der Waals surface area (Å²) in [5, 5.41) is 6.68. The first-order valence-corrected chi connectivity index (χ1v) is 8.46. The number of ether oxygens (including phenoxy) is 2. The summed E-state index contributed by atoms with van der Waals surface area (Å²) in [6, 6.07) is 0. The van der Waals surface area contributed by atoms with Crippen molar-refractivity contribution in [2.45, 2.75) is 64.0 Å². The van der Waals surface area contributed by atoms with E-state index in [0.717, 1.165) is 0 Å². The largest absolute Gasteiger partial charge is 0.488 e. The smallest absolute Gasteiger partial charge is 0.306 e. The van der Waals surface area contributed by atoms with E-state index in [-0.39, 0.29) is 37.2 Å². The number of nitrogens with one attached hydrogen (secondary N) is 1. The van der Waals surface area contributed by atoms with Crippen molar-refractivity contribution in [1.29, 1.82) is 0 Å². The molecule has 25 heavy (non-hydrogen) atoms. The Labute approximate surface area is 145 Å². The van der Waals surface area contributed by atoms with Crippen LogP contribution in [0.4, 0.5) is 0 Å². The molecule has 0 radical (unpaired) electrons. The van der Waals surface area contributed by atoms with Crippen LogP contribution in [0.5, 0.6) is 5.75 Å². The molecule has 2 aliphatic heterocycles. The number of aromatic nitrogens is 2. The van der Waals surface area contributed by atoms with E-state index in [2.05, 4.69) is 10.4 Å². The highest BCUT2D eigenvalue weighted by molar-refractivity contribution is 6.04. The van der Waals surface area contributed by atoms with Crippen LogP contribution in [0.15, 0.2) is 6.20 Å². The first-order valence-electron chi connectivity index (χ1n) is 8.46. The number of imide groups is 1. The van der Waals surface area contributed by atoms with E-state index in [4.69, 9.17) is 9.47 Å². The first-order chi connectivity index (χ1) is 11.7. The van der Waals surface area contributed by atoms with Crippen LogP contribution in [0.25, 0.3) is 0 Å². The molecule has 8 heteroatoms. The van der Waals surface area contributed by atoms with E-state index >= 15 is 0 Å². The fraction of sp³-hybridized carbons (Fsp3) is 0.647. The number of carbonyl (C=O) groups excluding carboxylic acids is 3. The molecule has 1 fully saturated rings. The van der Waals surface area contributed by atoms with Gasteiger partial charge in [-0.25, -0.2) is 0 Å². The summed E-state index contributed by atoms with van der Waals surface area (Å²) >= 11 is 0. The minimum atomic E-state index is -0.869. The molecule has 2 aliphatic rings. The molecule has 0 saturated carbocycles. The lowest BCUT2D eigenvalue weighted by molar-refractivity contribution is -0.155. The number of esters is 1. The molecule has 1 atom stereocenters. The van der Waals surface area contributed by atoms with Gasteiger partial charge < -0.3 is 9.47 Å². The highest BCUT2D eigenvalue weighted by atomic mass is 16.6. The molecular weight excluding hydrogens is 326 g/mol. The van der Waals surface area contributed by atoms with Crippen molar-refractivity contribution in [3.8, 4) is 5.75 Å². The van der Waals surface area contributed by atoms with Gasteiger partial charge in [-0.2, -0.15) is 5.10 Å². The van der Waals surface area contributed by atoms with Crippen LogP contribution in [0, 0.1) is 0 Å². The summed E-state index contributed by atoms with van der Waals surface area (Å²) in [4.78, 5) is 35.7. The third kappa shape index (κ3) is 3.38. The first kappa shape index (κ1) is 17.4. The van der Waals surface area contributed by atoms with E-state index in [1.807, 2.05) is 20.8 Å².